The molecule has 3 rings (SSSR count). The van der Waals surface area contributed by atoms with E-state index in [4.69, 9.17) is 9.15 Å². The summed E-state index contributed by atoms with van der Waals surface area (Å²) in [6.07, 6.45) is 0. The molecule has 144 valence electrons. The Bertz CT molecular complexity index is 961. The van der Waals surface area contributed by atoms with Crippen molar-refractivity contribution in [2.45, 2.75) is 20.5 Å². The molecule has 6 heteroatoms. The topological polar surface area (TPSA) is 80.6 Å². The number of furan rings is 1. The lowest BCUT2D eigenvalue weighted by Crippen LogP contribution is -2.32. The van der Waals surface area contributed by atoms with Crippen LogP contribution in [0.2, 0.25) is 0 Å². The summed E-state index contributed by atoms with van der Waals surface area (Å²) < 4.78 is 11.1. The Labute approximate surface area is 163 Å². The van der Waals surface area contributed by atoms with Gasteiger partial charge in [0.2, 0.25) is 5.91 Å². The van der Waals surface area contributed by atoms with E-state index in [1.165, 1.54) is 0 Å². The Kier molecular flexibility index (Phi) is 6.11. The van der Waals surface area contributed by atoms with Crippen LogP contribution in [-0.4, -0.2) is 18.4 Å². The van der Waals surface area contributed by atoms with Gasteiger partial charge >= 0.3 is 0 Å². The third-order valence-corrected chi connectivity index (χ3v) is 4.12. The molecule has 0 saturated heterocycles. The number of para-hydroxylation sites is 1. The molecule has 2 amide bonds. The van der Waals surface area contributed by atoms with Gasteiger partial charge in [-0.3, -0.25) is 9.59 Å². The molecule has 0 atom stereocenters. The van der Waals surface area contributed by atoms with Gasteiger partial charge in [0.05, 0.1) is 6.54 Å². The predicted octanol–water partition coefficient (Wildman–Crippen LogP) is 3.84. The van der Waals surface area contributed by atoms with E-state index in [9.17, 15) is 9.59 Å². The van der Waals surface area contributed by atoms with Crippen molar-refractivity contribution in [1.29, 1.82) is 0 Å². The first-order chi connectivity index (χ1) is 13.5. The van der Waals surface area contributed by atoms with E-state index in [0.29, 0.717) is 5.76 Å². The second-order valence-corrected chi connectivity index (χ2v) is 6.41. The lowest BCUT2D eigenvalue weighted by atomic mass is 10.2. The van der Waals surface area contributed by atoms with E-state index in [2.05, 4.69) is 10.6 Å². The molecule has 0 radical (unpaired) electrons. The number of nitrogens with one attached hydrogen (secondary N) is 2. The maximum atomic E-state index is 12.2. The number of rotatable bonds is 7. The maximum absolute atomic E-state index is 12.2. The molecular weight excluding hydrogens is 356 g/mol. The molecule has 0 bridgehead atoms. The van der Waals surface area contributed by atoms with Crippen LogP contribution in [0.5, 0.6) is 5.75 Å². The summed E-state index contributed by atoms with van der Waals surface area (Å²) in [5.74, 6) is 0.612. The van der Waals surface area contributed by atoms with Crippen molar-refractivity contribution in [2.24, 2.45) is 0 Å². The molecule has 0 spiro atoms. The second-order valence-electron chi connectivity index (χ2n) is 6.41. The normalized spacial score (nSPS) is 10.4. The van der Waals surface area contributed by atoms with E-state index in [1.54, 1.807) is 12.1 Å². The van der Waals surface area contributed by atoms with Gasteiger partial charge in [0.25, 0.3) is 5.91 Å². The zero-order valence-corrected chi connectivity index (χ0v) is 15.8. The second kappa shape index (κ2) is 8.90. The maximum Gasteiger partial charge on any atom is 0.287 e. The van der Waals surface area contributed by atoms with E-state index >= 15 is 0 Å². The zero-order chi connectivity index (χ0) is 19.9. The summed E-state index contributed by atoms with van der Waals surface area (Å²) in [6, 6.07) is 18.3. The van der Waals surface area contributed by atoms with Crippen molar-refractivity contribution in [1.82, 2.24) is 5.32 Å². The van der Waals surface area contributed by atoms with E-state index in [0.717, 1.165) is 22.6 Å². The standard InChI is InChI=1S/C22H22N2O4/c1-15-7-9-17(10-8-15)27-14-18-11-12-20(28-18)22(26)23-13-21(25)24-19-6-4-3-5-16(19)2/h3-12H,13-14H2,1-2H3,(H,23,26)(H,24,25). The molecule has 0 aliphatic carbocycles. The van der Waals surface area contributed by atoms with Crippen LogP contribution in [0.1, 0.15) is 27.4 Å². The Balaban J connectivity index is 1.47. The van der Waals surface area contributed by atoms with Gasteiger partial charge in [-0.1, -0.05) is 35.9 Å². The highest BCUT2D eigenvalue weighted by Crippen LogP contribution is 2.15. The summed E-state index contributed by atoms with van der Waals surface area (Å²) in [5.41, 5.74) is 2.82. The minimum Gasteiger partial charge on any atom is -0.486 e. The first-order valence-electron chi connectivity index (χ1n) is 8.93. The van der Waals surface area contributed by atoms with Crippen molar-refractivity contribution < 1.29 is 18.7 Å². The highest BCUT2D eigenvalue weighted by Gasteiger charge is 2.13. The lowest BCUT2D eigenvalue weighted by Gasteiger charge is -2.08. The van der Waals surface area contributed by atoms with Crippen LogP contribution in [0.15, 0.2) is 65.1 Å². The number of hydrogen-bond donors (Lipinski definition) is 2. The molecule has 0 fully saturated rings. The van der Waals surface area contributed by atoms with Gasteiger partial charge < -0.3 is 19.8 Å². The average Bonchev–Trinajstić information content (AvgIpc) is 3.17. The Morgan fingerprint density at radius 3 is 2.46 bits per heavy atom. The number of benzene rings is 2. The molecule has 2 aromatic carbocycles. The van der Waals surface area contributed by atoms with Gasteiger partial charge in [0, 0.05) is 5.69 Å². The van der Waals surface area contributed by atoms with Gasteiger partial charge in [-0.15, -0.1) is 0 Å². The van der Waals surface area contributed by atoms with Crippen LogP contribution in [0.25, 0.3) is 0 Å². The number of carbonyl (C=O) groups is 2. The van der Waals surface area contributed by atoms with Crippen molar-refractivity contribution in [2.75, 3.05) is 11.9 Å². The summed E-state index contributed by atoms with van der Waals surface area (Å²) in [6.45, 7) is 3.97. The lowest BCUT2D eigenvalue weighted by molar-refractivity contribution is -0.115. The fourth-order valence-corrected chi connectivity index (χ4v) is 2.52. The van der Waals surface area contributed by atoms with Gasteiger partial charge in [-0.05, 0) is 49.7 Å². The number of anilines is 1. The molecule has 1 heterocycles. The van der Waals surface area contributed by atoms with Gasteiger partial charge in [-0.25, -0.2) is 0 Å². The Morgan fingerprint density at radius 1 is 0.964 bits per heavy atom. The monoisotopic (exact) mass is 378 g/mol. The van der Waals surface area contributed by atoms with E-state index < -0.39 is 5.91 Å². The first-order valence-corrected chi connectivity index (χ1v) is 8.93. The van der Waals surface area contributed by atoms with Crippen LogP contribution < -0.4 is 15.4 Å². The molecule has 6 nitrogen and oxygen atoms in total. The fourth-order valence-electron chi connectivity index (χ4n) is 2.52. The molecule has 0 aliphatic heterocycles. The average molecular weight is 378 g/mol. The number of hydrogen-bond acceptors (Lipinski definition) is 4. The van der Waals surface area contributed by atoms with Crippen LogP contribution in [0.4, 0.5) is 5.69 Å². The third kappa shape index (κ3) is 5.23. The summed E-state index contributed by atoms with van der Waals surface area (Å²) in [5, 5.41) is 5.31. The van der Waals surface area contributed by atoms with Crippen molar-refractivity contribution in [3.63, 3.8) is 0 Å². The summed E-state index contributed by atoms with van der Waals surface area (Å²) in [7, 11) is 0. The summed E-state index contributed by atoms with van der Waals surface area (Å²) in [4.78, 5) is 24.2. The van der Waals surface area contributed by atoms with Crippen molar-refractivity contribution in [3.05, 3.63) is 83.3 Å². The minimum absolute atomic E-state index is 0.131. The zero-order valence-electron chi connectivity index (χ0n) is 15.8. The van der Waals surface area contributed by atoms with Crippen LogP contribution in [0.3, 0.4) is 0 Å². The van der Waals surface area contributed by atoms with Gasteiger partial charge in [-0.2, -0.15) is 0 Å². The number of amides is 2. The molecular formula is C22H22N2O4. The molecule has 1 aromatic heterocycles. The molecule has 0 saturated carbocycles. The predicted molar refractivity (Wildman–Crippen MR) is 106 cm³/mol. The highest BCUT2D eigenvalue weighted by atomic mass is 16.5. The van der Waals surface area contributed by atoms with Crippen molar-refractivity contribution in [3.8, 4) is 5.75 Å². The quantitative estimate of drug-likeness (QED) is 0.654. The summed E-state index contributed by atoms with van der Waals surface area (Å²) >= 11 is 0. The van der Waals surface area contributed by atoms with Crippen LogP contribution in [0, 0.1) is 13.8 Å². The molecule has 3 aromatic rings. The first kappa shape index (κ1) is 19.2. The van der Waals surface area contributed by atoms with Crippen molar-refractivity contribution >= 4 is 17.5 Å². The minimum atomic E-state index is -0.457. The third-order valence-electron chi connectivity index (χ3n) is 4.12. The molecule has 0 aliphatic rings. The fraction of sp³-hybridized carbons (Fsp3) is 0.182. The Morgan fingerprint density at radius 2 is 1.71 bits per heavy atom. The SMILES string of the molecule is Cc1ccc(OCc2ccc(C(=O)NCC(=O)Nc3ccccc3C)o2)cc1. The van der Waals surface area contributed by atoms with Crippen LogP contribution in [-0.2, 0) is 11.4 Å². The smallest absolute Gasteiger partial charge is 0.287 e. The van der Waals surface area contributed by atoms with Gasteiger partial charge in [0.15, 0.2) is 5.76 Å². The highest BCUT2D eigenvalue weighted by molar-refractivity contribution is 5.98. The van der Waals surface area contributed by atoms with E-state index in [-0.39, 0.29) is 24.8 Å². The van der Waals surface area contributed by atoms with Gasteiger partial charge in [0.1, 0.15) is 18.1 Å². The largest absolute Gasteiger partial charge is 0.486 e. The van der Waals surface area contributed by atoms with E-state index in [1.807, 2.05) is 62.4 Å². The van der Waals surface area contributed by atoms with Crippen LogP contribution >= 0.6 is 0 Å². The molecule has 2 N–H and O–H groups in total. The number of aryl methyl sites for hydroxylation is 2. The molecule has 28 heavy (non-hydrogen) atoms. The number of ether oxygens (including phenoxy) is 1. The molecule has 0 unspecified atom stereocenters. The number of carbonyl (C=O) groups excluding carboxylic acids is 2. The Hall–Kier alpha value is -3.54.